The largest absolute Gasteiger partial charge is 0.487 e. The maximum Gasteiger partial charge on any atom is 0.165 e. The summed E-state index contributed by atoms with van der Waals surface area (Å²) in [4.78, 5) is 0. The van der Waals surface area contributed by atoms with Crippen LogP contribution in [-0.2, 0) is 6.54 Å². The summed E-state index contributed by atoms with van der Waals surface area (Å²) in [6.07, 6.45) is 1.16. The first-order valence-electron chi connectivity index (χ1n) is 7.27. The minimum absolute atomic E-state index is 0.107. The van der Waals surface area contributed by atoms with Gasteiger partial charge >= 0.3 is 0 Å². The Morgan fingerprint density at radius 3 is 2.50 bits per heavy atom. The second-order valence-corrected chi connectivity index (χ2v) is 5.48. The molecule has 0 radical (unpaired) electrons. The van der Waals surface area contributed by atoms with E-state index in [1.807, 2.05) is 33.8 Å². The number of nitrogens with one attached hydrogen (secondary N) is 1. The molecule has 0 saturated heterocycles. The zero-order chi connectivity index (χ0) is 15.2. The highest BCUT2D eigenvalue weighted by molar-refractivity contribution is 5.35. The molecule has 0 unspecified atom stereocenters. The van der Waals surface area contributed by atoms with Gasteiger partial charge in [-0.15, -0.1) is 0 Å². The fourth-order valence-corrected chi connectivity index (χ4v) is 1.83. The molecule has 1 aromatic rings. The molecule has 3 nitrogen and oxygen atoms in total. The van der Waals surface area contributed by atoms with E-state index >= 15 is 0 Å². The molecular formula is C16H26FNO2. The molecule has 114 valence electrons. The lowest BCUT2D eigenvalue weighted by Crippen LogP contribution is -2.34. The second-order valence-electron chi connectivity index (χ2n) is 5.48. The van der Waals surface area contributed by atoms with Gasteiger partial charge in [-0.05, 0) is 18.9 Å². The molecule has 0 aliphatic rings. The van der Waals surface area contributed by atoms with E-state index in [2.05, 4.69) is 5.32 Å². The first-order valence-corrected chi connectivity index (χ1v) is 7.27. The predicted octanol–water partition coefficient (Wildman–Crippen LogP) is 3.25. The van der Waals surface area contributed by atoms with Gasteiger partial charge in [0.05, 0.1) is 5.60 Å². The van der Waals surface area contributed by atoms with Crippen molar-refractivity contribution in [3.05, 3.63) is 29.6 Å². The highest BCUT2D eigenvalue weighted by Crippen LogP contribution is 2.25. The van der Waals surface area contributed by atoms with Crippen molar-refractivity contribution < 1.29 is 14.2 Å². The van der Waals surface area contributed by atoms with E-state index in [4.69, 9.17) is 4.74 Å². The number of ether oxygens (including phenoxy) is 1. The molecule has 20 heavy (non-hydrogen) atoms. The summed E-state index contributed by atoms with van der Waals surface area (Å²) in [6, 6.07) is 5.20. The van der Waals surface area contributed by atoms with Crippen molar-refractivity contribution in [3.63, 3.8) is 0 Å². The van der Waals surface area contributed by atoms with Crippen LogP contribution in [-0.4, -0.2) is 23.4 Å². The van der Waals surface area contributed by atoms with Crippen LogP contribution in [0.3, 0.4) is 0 Å². The Balaban J connectivity index is 2.82. The molecule has 0 amide bonds. The van der Waals surface area contributed by atoms with Crippen LogP contribution in [0.4, 0.5) is 4.39 Å². The molecule has 2 N–H and O–H groups in total. The molecule has 0 saturated carbocycles. The Labute approximate surface area is 121 Å². The van der Waals surface area contributed by atoms with E-state index in [9.17, 15) is 9.50 Å². The molecule has 0 bridgehead atoms. The van der Waals surface area contributed by atoms with Gasteiger partial charge in [-0.2, -0.15) is 0 Å². The molecule has 1 rings (SSSR count). The molecule has 0 spiro atoms. The highest BCUT2D eigenvalue weighted by Gasteiger charge is 2.24. The molecular weight excluding hydrogens is 257 g/mol. The van der Waals surface area contributed by atoms with Gasteiger partial charge in [0.15, 0.2) is 11.6 Å². The van der Waals surface area contributed by atoms with E-state index in [0.29, 0.717) is 25.4 Å². The summed E-state index contributed by atoms with van der Waals surface area (Å²) in [6.45, 7) is 8.52. The van der Waals surface area contributed by atoms with Gasteiger partial charge in [0, 0.05) is 18.2 Å². The van der Waals surface area contributed by atoms with Gasteiger partial charge in [-0.25, -0.2) is 4.39 Å². The summed E-state index contributed by atoms with van der Waals surface area (Å²) >= 11 is 0. The van der Waals surface area contributed by atoms with Crippen molar-refractivity contribution in [2.75, 3.05) is 6.61 Å². The first-order chi connectivity index (χ1) is 9.41. The number of aliphatic hydroxyl groups is 1. The monoisotopic (exact) mass is 283 g/mol. The lowest BCUT2D eigenvalue weighted by atomic mass is 9.99. The van der Waals surface area contributed by atoms with Crippen molar-refractivity contribution in [3.8, 4) is 5.75 Å². The molecule has 1 aromatic carbocycles. The standard InChI is InChI=1S/C16H26FNO2/c1-5-16(19,6-2)11-20-15-13(10-18-12(3)4)8-7-9-14(15)17/h7-9,12,18-19H,5-6,10-11H2,1-4H3. The molecule has 0 aliphatic carbocycles. The predicted molar refractivity (Wildman–Crippen MR) is 79.4 cm³/mol. The summed E-state index contributed by atoms with van der Waals surface area (Å²) in [5.41, 5.74) is -0.126. The van der Waals surface area contributed by atoms with Crippen molar-refractivity contribution in [2.45, 2.75) is 58.7 Å². The zero-order valence-electron chi connectivity index (χ0n) is 12.9. The van der Waals surface area contributed by atoms with Crippen LogP contribution in [0.2, 0.25) is 0 Å². The first kappa shape index (κ1) is 16.9. The number of hydrogen-bond donors (Lipinski definition) is 2. The summed E-state index contributed by atoms with van der Waals surface area (Å²) in [7, 11) is 0. The quantitative estimate of drug-likeness (QED) is 0.769. The van der Waals surface area contributed by atoms with E-state index in [1.165, 1.54) is 6.07 Å². The number of rotatable bonds is 8. The van der Waals surface area contributed by atoms with Crippen molar-refractivity contribution in [2.24, 2.45) is 0 Å². The molecule has 0 aliphatic heterocycles. The van der Waals surface area contributed by atoms with Crippen LogP contribution < -0.4 is 10.1 Å². The Morgan fingerprint density at radius 1 is 1.30 bits per heavy atom. The van der Waals surface area contributed by atoms with Crippen molar-refractivity contribution in [1.29, 1.82) is 0 Å². The maximum atomic E-state index is 13.9. The lowest BCUT2D eigenvalue weighted by Gasteiger charge is -2.26. The average molecular weight is 283 g/mol. The van der Waals surface area contributed by atoms with Gasteiger partial charge in [-0.1, -0.05) is 39.8 Å². The number of benzene rings is 1. The SMILES string of the molecule is CCC(O)(CC)COc1c(F)cccc1CNC(C)C. The highest BCUT2D eigenvalue weighted by atomic mass is 19.1. The number of hydrogen-bond acceptors (Lipinski definition) is 3. The van der Waals surface area contributed by atoms with Crippen LogP contribution >= 0.6 is 0 Å². The van der Waals surface area contributed by atoms with Crippen molar-refractivity contribution in [1.82, 2.24) is 5.32 Å². The van der Waals surface area contributed by atoms with Crippen LogP contribution in [0.1, 0.15) is 46.1 Å². The van der Waals surface area contributed by atoms with Gasteiger partial charge in [0.25, 0.3) is 0 Å². The Hall–Kier alpha value is -1.13. The normalized spacial score (nSPS) is 11.9. The van der Waals surface area contributed by atoms with Gasteiger partial charge in [-0.3, -0.25) is 0 Å². The van der Waals surface area contributed by atoms with Crippen LogP contribution in [0.25, 0.3) is 0 Å². The fourth-order valence-electron chi connectivity index (χ4n) is 1.83. The summed E-state index contributed by atoms with van der Waals surface area (Å²) in [5.74, 6) is -0.149. The maximum absolute atomic E-state index is 13.9. The second kappa shape index (κ2) is 7.60. The zero-order valence-corrected chi connectivity index (χ0v) is 12.9. The molecule has 4 heteroatoms. The number of para-hydroxylation sites is 1. The lowest BCUT2D eigenvalue weighted by molar-refractivity contribution is -0.0126. The Morgan fingerprint density at radius 2 is 1.95 bits per heavy atom. The van der Waals surface area contributed by atoms with E-state index < -0.39 is 5.60 Å². The minimum Gasteiger partial charge on any atom is -0.487 e. The minimum atomic E-state index is -0.898. The fraction of sp³-hybridized carbons (Fsp3) is 0.625. The number of halogens is 1. The third-order valence-electron chi connectivity index (χ3n) is 3.55. The van der Waals surface area contributed by atoms with Gasteiger partial charge < -0.3 is 15.2 Å². The van der Waals surface area contributed by atoms with E-state index in [1.54, 1.807) is 6.07 Å². The summed E-state index contributed by atoms with van der Waals surface area (Å²) in [5, 5.41) is 13.5. The smallest absolute Gasteiger partial charge is 0.165 e. The Kier molecular flexibility index (Phi) is 6.43. The molecule has 0 fully saturated rings. The van der Waals surface area contributed by atoms with Gasteiger partial charge in [0.1, 0.15) is 6.61 Å². The third-order valence-corrected chi connectivity index (χ3v) is 3.55. The van der Waals surface area contributed by atoms with E-state index in [-0.39, 0.29) is 18.2 Å². The molecule has 0 heterocycles. The summed E-state index contributed by atoms with van der Waals surface area (Å²) < 4.78 is 19.5. The Bertz CT molecular complexity index is 417. The molecule has 0 atom stereocenters. The molecule has 0 aromatic heterocycles. The van der Waals surface area contributed by atoms with Crippen LogP contribution in [0, 0.1) is 5.82 Å². The average Bonchev–Trinajstić information content (AvgIpc) is 2.43. The van der Waals surface area contributed by atoms with Crippen molar-refractivity contribution >= 4 is 0 Å². The topological polar surface area (TPSA) is 41.5 Å². The third kappa shape index (κ3) is 4.76. The van der Waals surface area contributed by atoms with Crippen LogP contribution in [0.5, 0.6) is 5.75 Å². The van der Waals surface area contributed by atoms with E-state index in [0.717, 1.165) is 5.56 Å². The van der Waals surface area contributed by atoms with Crippen LogP contribution in [0.15, 0.2) is 18.2 Å². The van der Waals surface area contributed by atoms with Gasteiger partial charge in [0.2, 0.25) is 0 Å².